The first-order chi connectivity index (χ1) is 11.9. The van der Waals surface area contributed by atoms with E-state index < -0.39 is 5.67 Å². The Morgan fingerprint density at radius 3 is 2.80 bits per heavy atom. The van der Waals surface area contributed by atoms with Gasteiger partial charge in [-0.3, -0.25) is 9.48 Å². The Hall–Kier alpha value is -2.21. The minimum atomic E-state index is -1.38. The van der Waals surface area contributed by atoms with Crippen LogP contribution in [0.3, 0.4) is 0 Å². The first-order valence-electron chi connectivity index (χ1n) is 8.57. The zero-order valence-electron chi connectivity index (χ0n) is 15.3. The van der Waals surface area contributed by atoms with Gasteiger partial charge in [-0.15, -0.1) is 0 Å². The average Bonchev–Trinajstić information content (AvgIpc) is 2.98. The Morgan fingerprint density at radius 2 is 2.16 bits per heavy atom. The van der Waals surface area contributed by atoms with Crippen molar-refractivity contribution in [2.75, 3.05) is 11.9 Å². The van der Waals surface area contributed by atoms with Crippen LogP contribution in [0, 0.1) is 0 Å². The molecule has 0 radical (unpaired) electrons. The number of halogens is 1. The largest absolute Gasteiger partial charge is 0.377 e. The van der Waals surface area contributed by atoms with Crippen LogP contribution in [0.2, 0.25) is 0 Å². The van der Waals surface area contributed by atoms with Crippen molar-refractivity contribution in [3.8, 4) is 11.3 Å². The average molecular weight is 347 g/mol. The minimum absolute atomic E-state index is 0.131. The molecule has 0 saturated carbocycles. The lowest BCUT2D eigenvalue weighted by Gasteiger charge is -2.19. The number of hydrogen-bond donors (Lipinski definition) is 1. The molecule has 2 aromatic rings. The summed E-state index contributed by atoms with van der Waals surface area (Å²) in [6.07, 6.45) is 1.12. The van der Waals surface area contributed by atoms with E-state index in [1.807, 2.05) is 39.0 Å². The molecule has 1 aromatic carbocycles. The van der Waals surface area contributed by atoms with E-state index in [1.54, 1.807) is 23.7 Å². The van der Waals surface area contributed by atoms with Crippen LogP contribution in [0.25, 0.3) is 11.3 Å². The SMILES string of the molecule is CCC(C)(F)c1cccc(-c2cc(NC=O)nn2CCOC(C)C)c1. The van der Waals surface area contributed by atoms with Gasteiger partial charge in [-0.1, -0.05) is 25.1 Å². The quantitative estimate of drug-likeness (QED) is 0.694. The summed E-state index contributed by atoms with van der Waals surface area (Å²) in [7, 11) is 0. The lowest BCUT2D eigenvalue weighted by atomic mass is 9.93. The molecule has 0 fully saturated rings. The van der Waals surface area contributed by atoms with Gasteiger partial charge in [-0.2, -0.15) is 5.10 Å². The highest BCUT2D eigenvalue weighted by atomic mass is 19.1. The number of nitrogens with zero attached hydrogens (tertiary/aromatic N) is 2. The molecule has 0 saturated heterocycles. The summed E-state index contributed by atoms with van der Waals surface area (Å²) in [6.45, 7) is 8.40. The van der Waals surface area contributed by atoms with E-state index in [0.29, 0.717) is 37.4 Å². The van der Waals surface area contributed by atoms with Gasteiger partial charge in [0.2, 0.25) is 6.41 Å². The summed E-state index contributed by atoms with van der Waals surface area (Å²) in [5.74, 6) is 0.457. The summed E-state index contributed by atoms with van der Waals surface area (Å²) in [4.78, 5) is 10.7. The van der Waals surface area contributed by atoms with Crippen LogP contribution in [0.15, 0.2) is 30.3 Å². The van der Waals surface area contributed by atoms with Gasteiger partial charge in [0.15, 0.2) is 5.82 Å². The van der Waals surface area contributed by atoms with Gasteiger partial charge >= 0.3 is 0 Å². The van der Waals surface area contributed by atoms with E-state index in [1.165, 1.54) is 0 Å². The van der Waals surface area contributed by atoms with E-state index in [9.17, 15) is 9.18 Å². The van der Waals surface area contributed by atoms with E-state index in [2.05, 4.69) is 10.4 Å². The lowest BCUT2D eigenvalue weighted by Crippen LogP contribution is -2.14. The number of benzene rings is 1. The Labute approximate surface area is 148 Å². The van der Waals surface area contributed by atoms with Crippen LogP contribution in [-0.4, -0.2) is 28.9 Å². The van der Waals surface area contributed by atoms with Crippen LogP contribution >= 0.6 is 0 Å². The van der Waals surface area contributed by atoms with Gasteiger partial charge in [-0.25, -0.2) is 4.39 Å². The number of aromatic nitrogens is 2. The maximum absolute atomic E-state index is 14.7. The summed E-state index contributed by atoms with van der Waals surface area (Å²) < 4.78 is 22.0. The smallest absolute Gasteiger partial charge is 0.212 e. The van der Waals surface area contributed by atoms with Crippen molar-refractivity contribution in [3.05, 3.63) is 35.9 Å². The van der Waals surface area contributed by atoms with Crippen LogP contribution in [0.4, 0.5) is 10.2 Å². The highest BCUT2D eigenvalue weighted by Crippen LogP contribution is 2.32. The Balaban J connectivity index is 2.36. The number of alkyl halides is 1. The topological polar surface area (TPSA) is 56.2 Å². The van der Waals surface area contributed by atoms with Crippen molar-refractivity contribution in [1.29, 1.82) is 0 Å². The Kier molecular flexibility index (Phi) is 6.31. The van der Waals surface area contributed by atoms with Crippen molar-refractivity contribution in [3.63, 3.8) is 0 Å². The zero-order valence-corrected chi connectivity index (χ0v) is 15.3. The normalized spacial score (nSPS) is 13.7. The zero-order chi connectivity index (χ0) is 18.4. The molecule has 25 heavy (non-hydrogen) atoms. The number of ether oxygens (including phenoxy) is 1. The molecule has 1 atom stereocenters. The molecular weight excluding hydrogens is 321 g/mol. The molecule has 0 bridgehead atoms. The highest BCUT2D eigenvalue weighted by molar-refractivity contribution is 5.73. The first-order valence-corrected chi connectivity index (χ1v) is 8.57. The third kappa shape index (κ3) is 4.89. The van der Waals surface area contributed by atoms with Gasteiger partial charge in [0.25, 0.3) is 0 Å². The van der Waals surface area contributed by atoms with Crippen LogP contribution in [-0.2, 0) is 21.7 Å². The second-order valence-electron chi connectivity index (χ2n) is 6.45. The van der Waals surface area contributed by atoms with Crippen LogP contribution in [0.5, 0.6) is 0 Å². The molecule has 0 aliphatic heterocycles. The van der Waals surface area contributed by atoms with Crippen molar-refractivity contribution in [2.24, 2.45) is 0 Å². The Morgan fingerprint density at radius 1 is 1.40 bits per heavy atom. The van der Waals surface area contributed by atoms with E-state index in [-0.39, 0.29) is 6.10 Å². The fourth-order valence-corrected chi connectivity index (χ4v) is 2.53. The molecule has 1 heterocycles. The second kappa shape index (κ2) is 8.25. The summed E-state index contributed by atoms with van der Waals surface area (Å²) >= 11 is 0. The highest BCUT2D eigenvalue weighted by Gasteiger charge is 2.24. The van der Waals surface area contributed by atoms with Crippen molar-refractivity contribution in [2.45, 2.75) is 52.4 Å². The predicted octanol–water partition coefficient (Wildman–Crippen LogP) is 4.14. The predicted molar refractivity (Wildman–Crippen MR) is 97.2 cm³/mol. The number of amides is 1. The second-order valence-corrected chi connectivity index (χ2v) is 6.45. The molecule has 5 nitrogen and oxygen atoms in total. The molecule has 136 valence electrons. The molecule has 1 unspecified atom stereocenters. The number of rotatable bonds is 9. The standard InChI is InChI=1S/C19H26FN3O2/c1-5-19(4,20)16-8-6-7-15(11-16)17-12-18(21-13-24)22-23(17)9-10-25-14(2)3/h6-8,11-14H,5,9-10H2,1-4H3,(H,21,22,24). The van der Waals surface area contributed by atoms with Gasteiger partial charge in [0, 0.05) is 11.6 Å². The Bertz CT molecular complexity index is 710. The number of nitrogens with one attached hydrogen (secondary N) is 1. The number of anilines is 1. The van der Waals surface area contributed by atoms with Crippen molar-refractivity contribution >= 4 is 12.2 Å². The molecule has 1 aromatic heterocycles. The number of carbonyl (C=O) groups excluding carboxylic acids is 1. The summed E-state index contributed by atoms with van der Waals surface area (Å²) in [6, 6.07) is 9.17. The van der Waals surface area contributed by atoms with Gasteiger partial charge in [0.05, 0.1) is 24.9 Å². The monoisotopic (exact) mass is 347 g/mol. The fraction of sp³-hybridized carbons (Fsp3) is 0.474. The van der Waals surface area contributed by atoms with Crippen molar-refractivity contribution in [1.82, 2.24) is 9.78 Å². The van der Waals surface area contributed by atoms with Crippen LogP contribution < -0.4 is 5.32 Å². The molecule has 2 rings (SSSR count). The first kappa shape index (κ1) is 19.1. The van der Waals surface area contributed by atoms with Crippen LogP contribution in [0.1, 0.15) is 39.7 Å². The molecule has 0 aliphatic rings. The third-order valence-electron chi connectivity index (χ3n) is 4.17. The van der Waals surface area contributed by atoms with Gasteiger partial charge in [0.1, 0.15) is 5.67 Å². The number of carbonyl (C=O) groups is 1. The summed E-state index contributed by atoms with van der Waals surface area (Å²) in [5.41, 5.74) is 0.908. The summed E-state index contributed by atoms with van der Waals surface area (Å²) in [5, 5.41) is 6.95. The molecule has 1 amide bonds. The molecule has 0 aliphatic carbocycles. The maximum Gasteiger partial charge on any atom is 0.212 e. The van der Waals surface area contributed by atoms with Gasteiger partial charge in [-0.05, 0) is 38.8 Å². The minimum Gasteiger partial charge on any atom is -0.377 e. The van der Waals surface area contributed by atoms with E-state index in [0.717, 1.165) is 11.3 Å². The third-order valence-corrected chi connectivity index (χ3v) is 4.17. The molecule has 1 N–H and O–H groups in total. The molecule has 6 heteroatoms. The maximum atomic E-state index is 14.7. The van der Waals surface area contributed by atoms with E-state index >= 15 is 0 Å². The van der Waals surface area contributed by atoms with E-state index in [4.69, 9.17) is 4.74 Å². The van der Waals surface area contributed by atoms with Gasteiger partial charge < -0.3 is 10.1 Å². The molecular formula is C19H26FN3O2. The van der Waals surface area contributed by atoms with Crippen molar-refractivity contribution < 1.29 is 13.9 Å². The fourth-order valence-electron chi connectivity index (χ4n) is 2.53. The lowest BCUT2D eigenvalue weighted by molar-refractivity contribution is -0.105. The molecule has 0 spiro atoms. The number of hydrogen-bond acceptors (Lipinski definition) is 3.